The number of carbonyl (C=O) groups excluding carboxylic acids is 1. The molecule has 0 unspecified atom stereocenters. The number of nitrogens with two attached hydrogens (primary N) is 1. The van der Waals surface area contributed by atoms with Gasteiger partial charge in [0.2, 0.25) is 0 Å². The van der Waals surface area contributed by atoms with E-state index in [2.05, 4.69) is 22.1 Å². The average molecular weight is 282 g/mol. The highest BCUT2D eigenvalue weighted by atomic mass is 32.1. The van der Waals surface area contributed by atoms with E-state index in [0.29, 0.717) is 17.4 Å². The molecule has 1 fully saturated rings. The van der Waals surface area contributed by atoms with Crippen LogP contribution in [0, 0.1) is 5.92 Å². The van der Waals surface area contributed by atoms with Crippen LogP contribution in [-0.4, -0.2) is 42.0 Å². The lowest BCUT2D eigenvalue weighted by Crippen LogP contribution is -2.35. The van der Waals surface area contributed by atoms with Gasteiger partial charge in [-0.1, -0.05) is 6.92 Å². The smallest absolute Gasteiger partial charge is 0.270 e. The Morgan fingerprint density at radius 3 is 2.95 bits per heavy atom. The van der Waals surface area contributed by atoms with Crippen molar-refractivity contribution in [3.63, 3.8) is 0 Å². The number of hydrogen-bond donors (Lipinski definition) is 2. The summed E-state index contributed by atoms with van der Waals surface area (Å²) in [5.41, 5.74) is 5.93. The third-order valence-electron chi connectivity index (χ3n) is 3.57. The van der Waals surface area contributed by atoms with E-state index in [-0.39, 0.29) is 5.91 Å². The van der Waals surface area contributed by atoms with Gasteiger partial charge < -0.3 is 16.0 Å². The van der Waals surface area contributed by atoms with E-state index >= 15 is 0 Å². The second-order valence-corrected chi connectivity index (χ2v) is 6.09. The molecular weight excluding hydrogens is 260 g/mol. The maximum absolute atomic E-state index is 11.7. The van der Waals surface area contributed by atoms with Crippen LogP contribution in [0.5, 0.6) is 0 Å². The van der Waals surface area contributed by atoms with E-state index in [1.165, 1.54) is 37.3 Å². The van der Waals surface area contributed by atoms with Crippen LogP contribution in [0.2, 0.25) is 0 Å². The number of nitrogens with one attached hydrogen (secondary N) is 1. The van der Waals surface area contributed by atoms with E-state index in [4.69, 9.17) is 5.73 Å². The van der Waals surface area contributed by atoms with Crippen LogP contribution in [0.1, 0.15) is 36.7 Å². The summed E-state index contributed by atoms with van der Waals surface area (Å²) in [5, 5.41) is 5.01. The van der Waals surface area contributed by atoms with Gasteiger partial charge in [-0.2, -0.15) is 0 Å². The molecule has 1 saturated heterocycles. The first kappa shape index (κ1) is 14.3. The lowest BCUT2D eigenvalue weighted by Gasteiger charge is -2.30. The summed E-state index contributed by atoms with van der Waals surface area (Å²) in [6, 6.07) is 0. The monoisotopic (exact) mass is 282 g/mol. The molecule has 19 heavy (non-hydrogen) atoms. The lowest BCUT2D eigenvalue weighted by molar-refractivity contribution is 0.0946. The molecule has 1 aliphatic rings. The van der Waals surface area contributed by atoms with Crippen LogP contribution in [0.15, 0.2) is 5.38 Å². The molecular formula is C13H22N4OS. The fourth-order valence-corrected chi connectivity index (χ4v) is 2.82. The quantitative estimate of drug-likeness (QED) is 0.804. The van der Waals surface area contributed by atoms with Crippen molar-refractivity contribution in [2.24, 2.45) is 5.92 Å². The number of likely N-dealkylation sites (tertiary alicyclic amines) is 1. The highest BCUT2D eigenvalue weighted by Gasteiger charge is 2.15. The third kappa shape index (κ3) is 4.47. The van der Waals surface area contributed by atoms with E-state index in [1.54, 1.807) is 5.38 Å². The fraction of sp³-hybridized carbons (Fsp3) is 0.692. The van der Waals surface area contributed by atoms with Crippen molar-refractivity contribution in [3.05, 3.63) is 11.1 Å². The van der Waals surface area contributed by atoms with Crippen molar-refractivity contribution >= 4 is 22.4 Å². The Hall–Kier alpha value is -1.14. The summed E-state index contributed by atoms with van der Waals surface area (Å²) < 4.78 is 0. The van der Waals surface area contributed by atoms with Gasteiger partial charge in [0.05, 0.1) is 0 Å². The molecule has 6 heteroatoms. The molecule has 1 amide bonds. The lowest BCUT2D eigenvalue weighted by atomic mass is 9.99. The first-order chi connectivity index (χ1) is 9.15. The van der Waals surface area contributed by atoms with Crippen molar-refractivity contribution in [2.45, 2.75) is 26.2 Å². The van der Waals surface area contributed by atoms with Crippen molar-refractivity contribution < 1.29 is 4.79 Å². The topological polar surface area (TPSA) is 71.2 Å². The first-order valence-corrected chi connectivity index (χ1v) is 7.74. The van der Waals surface area contributed by atoms with Crippen molar-refractivity contribution in [3.8, 4) is 0 Å². The van der Waals surface area contributed by atoms with Gasteiger partial charge in [-0.15, -0.1) is 11.3 Å². The number of piperidine rings is 1. The SMILES string of the molecule is CC1CCN(CCCNC(=O)c2csc(N)n2)CC1. The largest absolute Gasteiger partial charge is 0.375 e. The Kier molecular flexibility index (Phi) is 5.15. The van der Waals surface area contributed by atoms with Gasteiger partial charge in [-0.25, -0.2) is 4.98 Å². The number of hydrogen-bond acceptors (Lipinski definition) is 5. The van der Waals surface area contributed by atoms with E-state index < -0.39 is 0 Å². The predicted octanol–water partition coefficient (Wildman–Crippen LogP) is 1.58. The predicted molar refractivity (Wildman–Crippen MR) is 78.3 cm³/mol. The normalized spacial score (nSPS) is 17.5. The highest BCUT2D eigenvalue weighted by Crippen LogP contribution is 2.15. The van der Waals surface area contributed by atoms with Crippen molar-refractivity contribution in [1.29, 1.82) is 0 Å². The minimum absolute atomic E-state index is 0.125. The second kappa shape index (κ2) is 6.86. The highest BCUT2D eigenvalue weighted by molar-refractivity contribution is 7.13. The Balaban J connectivity index is 1.60. The molecule has 0 spiro atoms. The zero-order valence-electron chi connectivity index (χ0n) is 11.4. The van der Waals surface area contributed by atoms with Crippen LogP contribution in [0.4, 0.5) is 5.13 Å². The van der Waals surface area contributed by atoms with Crippen molar-refractivity contribution in [1.82, 2.24) is 15.2 Å². The Morgan fingerprint density at radius 2 is 2.32 bits per heavy atom. The number of carbonyl (C=O) groups is 1. The molecule has 0 aliphatic carbocycles. The minimum Gasteiger partial charge on any atom is -0.375 e. The minimum atomic E-state index is -0.125. The second-order valence-electron chi connectivity index (χ2n) is 5.20. The number of thiazole rings is 1. The summed E-state index contributed by atoms with van der Waals surface area (Å²) >= 11 is 1.29. The molecule has 5 nitrogen and oxygen atoms in total. The van der Waals surface area contributed by atoms with E-state index in [0.717, 1.165) is 18.9 Å². The summed E-state index contributed by atoms with van der Waals surface area (Å²) in [7, 11) is 0. The number of rotatable bonds is 5. The summed E-state index contributed by atoms with van der Waals surface area (Å²) in [4.78, 5) is 18.2. The molecule has 1 aromatic rings. The van der Waals surface area contributed by atoms with Gasteiger partial charge >= 0.3 is 0 Å². The van der Waals surface area contributed by atoms with Crippen LogP contribution < -0.4 is 11.1 Å². The number of amides is 1. The molecule has 2 rings (SSSR count). The fourth-order valence-electron chi connectivity index (χ4n) is 2.27. The summed E-state index contributed by atoms with van der Waals surface area (Å²) in [5.74, 6) is 0.742. The van der Waals surface area contributed by atoms with Gasteiger partial charge in [-0.05, 0) is 44.8 Å². The summed E-state index contributed by atoms with van der Waals surface area (Å²) in [6.07, 6.45) is 3.58. The van der Waals surface area contributed by atoms with Crippen molar-refractivity contribution in [2.75, 3.05) is 31.9 Å². The van der Waals surface area contributed by atoms with Crippen LogP contribution in [-0.2, 0) is 0 Å². The third-order valence-corrected chi connectivity index (χ3v) is 4.24. The van der Waals surface area contributed by atoms with Crippen LogP contribution in [0.3, 0.4) is 0 Å². The number of aromatic nitrogens is 1. The molecule has 0 aromatic carbocycles. The van der Waals surface area contributed by atoms with Crippen LogP contribution in [0.25, 0.3) is 0 Å². The first-order valence-electron chi connectivity index (χ1n) is 6.86. The molecule has 106 valence electrons. The molecule has 2 heterocycles. The number of nitrogen functional groups attached to an aromatic ring is 1. The standard InChI is InChI=1S/C13H22N4OS/c1-10-3-7-17(8-4-10)6-2-5-15-12(18)11-9-19-13(14)16-11/h9-10H,2-8H2,1H3,(H2,14,16)(H,15,18). The van der Waals surface area contributed by atoms with Gasteiger partial charge in [0, 0.05) is 11.9 Å². The molecule has 0 radical (unpaired) electrons. The zero-order valence-corrected chi connectivity index (χ0v) is 12.2. The average Bonchev–Trinajstić information content (AvgIpc) is 2.83. The van der Waals surface area contributed by atoms with Gasteiger partial charge in [0.25, 0.3) is 5.91 Å². The Bertz CT molecular complexity index is 413. The number of nitrogens with zero attached hydrogens (tertiary/aromatic N) is 2. The molecule has 0 bridgehead atoms. The van der Waals surface area contributed by atoms with Gasteiger partial charge in [-0.3, -0.25) is 4.79 Å². The molecule has 1 aromatic heterocycles. The molecule has 1 aliphatic heterocycles. The summed E-state index contributed by atoms with van der Waals surface area (Å²) in [6.45, 7) is 6.46. The maximum atomic E-state index is 11.7. The molecule has 3 N–H and O–H groups in total. The van der Waals surface area contributed by atoms with Gasteiger partial charge in [0.1, 0.15) is 5.69 Å². The maximum Gasteiger partial charge on any atom is 0.270 e. The van der Waals surface area contributed by atoms with E-state index in [1.807, 2.05) is 0 Å². The van der Waals surface area contributed by atoms with Crippen LogP contribution >= 0.6 is 11.3 Å². The Labute approximate surface area is 118 Å². The van der Waals surface area contributed by atoms with Gasteiger partial charge in [0.15, 0.2) is 5.13 Å². The zero-order chi connectivity index (χ0) is 13.7. The molecule has 0 atom stereocenters. The number of anilines is 1. The Morgan fingerprint density at radius 1 is 1.58 bits per heavy atom. The molecule has 0 saturated carbocycles. The van der Waals surface area contributed by atoms with E-state index in [9.17, 15) is 4.79 Å².